The summed E-state index contributed by atoms with van der Waals surface area (Å²) >= 11 is 0. The van der Waals surface area contributed by atoms with Gasteiger partial charge >= 0.3 is 5.97 Å². The van der Waals surface area contributed by atoms with E-state index in [1.165, 1.54) is 90.4 Å². The van der Waals surface area contributed by atoms with Crippen LogP contribution in [0.15, 0.2) is 12.2 Å². The first-order chi connectivity index (χ1) is 14.2. The van der Waals surface area contributed by atoms with Crippen LogP contribution < -0.4 is 0 Å². The number of carbonyl (C=O) groups excluding carboxylic acids is 1. The van der Waals surface area contributed by atoms with E-state index in [4.69, 9.17) is 24.5 Å². The van der Waals surface area contributed by atoms with Crippen molar-refractivity contribution in [3.8, 4) is 0 Å². The summed E-state index contributed by atoms with van der Waals surface area (Å²) in [6, 6.07) is 0. The maximum atomic E-state index is 10.6. The van der Waals surface area contributed by atoms with Crippen LogP contribution in [0.4, 0.5) is 0 Å². The van der Waals surface area contributed by atoms with Crippen molar-refractivity contribution in [2.45, 2.75) is 118 Å². The zero-order valence-corrected chi connectivity index (χ0v) is 19.8. The number of carbonyl (C=O) groups is 3. The molecule has 0 radical (unpaired) electrons. The number of rotatable bonds is 16. The lowest BCUT2D eigenvalue weighted by Gasteiger charge is -2.02. The normalized spacial score (nSPS) is 9.87. The zero-order valence-electron chi connectivity index (χ0n) is 19.8. The maximum Gasteiger partial charge on any atom is 0.302 e. The third-order valence-electron chi connectivity index (χ3n) is 3.96. The molecule has 0 heterocycles. The number of aliphatic carboxylic acids is 2. The van der Waals surface area contributed by atoms with Crippen molar-refractivity contribution in [1.82, 2.24) is 0 Å². The first-order valence-corrected chi connectivity index (χ1v) is 11.4. The van der Waals surface area contributed by atoms with E-state index < -0.39 is 11.9 Å². The summed E-state index contributed by atoms with van der Waals surface area (Å²) in [5, 5.41) is 14.8. The smallest absolute Gasteiger partial charge is 0.302 e. The summed E-state index contributed by atoms with van der Waals surface area (Å²) < 4.78 is 4.91. The van der Waals surface area contributed by atoms with Crippen LogP contribution in [0.1, 0.15) is 118 Å². The fourth-order valence-corrected chi connectivity index (χ4v) is 2.57. The van der Waals surface area contributed by atoms with Crippen molar-refractivity contribution in [2.75, 3.05) is 6.61 Å². The molecule has 0 rings (SSSR count). The maximum absolute atomic E-state index is 10.6. The van der Waals surface area contributed by atoms with Crippen LogP contribution in [0.2, 0.25) is 0 Å². The van der Waals surface area contributed by atoms with Gasteiger partial charge in [-0.15, -0.1) is 0 Å². The fourth-order valence-electron chi connectivity index (χ4n) is 2.57. The Bertz CT molecular complexity index is 398. The van der Waals surface area contributed by atoms with E-state index in [1.54, 1.807) is 0 Å². The van der Waals surface area contributed by atoms with Gasteiger partial charge in [0, 0.05) is 20.8 Å². The van der Waals surface area contributed by atoms with E-state index in [2.05, 4.69) is 19.1 Å². The summed E-state index contributed by atoms with van der Waals surface area (Å²) in [6.45, 7) is 6.50. The second-order valence-electron chi connectivity index (χ2n) is 7.32. The number of unbranched alkanes of at least 4 members (excludes halogenated alkanes) is 12. The first kappa shape index (κ1) is 32.8. The highest BCUT2D eigenvalue weighted by Crippen LogP contribution is 2.09. The van der Waals surface area contributed by atoms with Crippen molar-refractivity contribution in [3.05, 3.63) is 12.2 Å². The van der Waals surface area contributed by atoms with E-state index in [1.807, 2.05) is 0 Å². The van der Waals surface area contributed by atoms with Crippen LogP contribution in [0.5, 0.6) is 0 Å². The summed E-state index contributed by atoms with van der Waals surface area (Å²) in [7, 11) is 0. The van der Waals surface area contributed by atoms with Crippen molar-refractivity contribution in [3.63, 3.8) is 0 Å². The molecule has 0 bridgehead atoms. The Labute approximate surface area is 184 Å². The molecule has 178 valence electrons. The highest BCUT2D eigenvalue weighted by Gasteiger charge is 1.94. The molecule has 6 nitrogen and oxygen atoms in total. The lowest BCUT2D eigenvalue weighted by atomic mass is 10.1. The molecule has 0 aromatic carbocycles. The van der Waals surface area contributed by atoms with Crippen LogP contribution in [-0.2, 0) is 19.1 Å². The van der Waals surface area contributed by atoms with E-state index in [0.29, 0.717) is 6.61 Å². The van der Waals surface area contributed by atoms with Gasteiger partial charge in [0.2, 0.25) is 0 Å². The molecule has 0 fully saturated rings. The predicted octanol–water partition coefficient (Wildman–Crippen LogP) is 6.77. The highest BCUT2D eigenvalue weighted by molar-refractivity contribution is 5.65. The molecule has 6 heteroatoms. The minimum absolute atomic E-state index is 0.159. The van der Waals surface area contributed by atoms with Gasteiger partial charge in [0.05, 0.1) is 6.61 Å². The number of hydrogen-bond acceptors (Lipinski definition) is 4. The van der Waals surface area contributed by atoms with Crippen LogP contribution in [-0.4, -0.2) is 34.7 Å². The number of carboxylic acids is 2. The largest absolute Gasteiger partial charge is 0.481 e. The van der Waals surface area contributed by atoms with Crippen LogP contribution >= 0.6 is 0 Å². The quantitative estimate of drug-likeness (QED) is 0.159. The molecule has 0 aliphatic heterocycles. The van der Waals surface area contributed by atoms with Gasteiger partial charge in [-0.05, 0) is 32.1 Å². The molecule has 0 amide bonds. The van der Waals surface area contributed by atoms with Crippen molar-refractivity contribution < 1.29 is 29.3 Å². The molecular weight excluding hydrogens is 384 g/mol. The molecule has 2 N–H and O–H groups in total. The SMILES string of the molecule is CC(=O)O.CC(=O)O.CCCCCCCC/C=C\CCCCCCCCOC(C)=O. The molecule has 0 atom stereocenters. The van der Waals surface area contributed by atoms with E-state index in [-0.39, 0.29) is 5.97 Å². The third kappa shape index (κ3) is 56.2. The lowest BCUT2D eigenvalue weighted by Crippen LogP contribution is -1.99. The second-order valence-corrected chi connectivity index (χ2v) is 7.32. The van der Waals surface area contributed by atoms with Crippen molar-refractivity contribution in [2.24, 2.45) is 0 Å². The number of hydrogen-bond donors (Lipinski definition) is 2. The summed E-state index contributed by atoms with van der Waals surface area (Å²) in [6.07, 6.45) is 23.0. The molecule has 0 aromatic rings. The van der Waals surface area contributed by atoms with Crippen LogP contribution in [0, 0.1) is 0 Å². The Balaban J connectivity index is -0.000000771. The molecular formula is C24H46O6. The van der Waals surface area contributed by atoms with Gasteiger partial charge in [0.1, 0.15) is 0 Å². The molecule has 0 aliphatic carbocycles. The second kappa shape index (κ2) is 29.4. The standard InChI is InChI=1S/C20H38O2.2C2H4O2/c1-3-4-5-6-7-8-9-10-11-12-13-14-15-16-17-18-19-22-20(2)21;2*1-2(3)4/h10-11H,3-9,12-19H2,1-2H3;2*1H3,(H,3,4)/b11-10-;;. The summed E-state index contributed by atoms with van der Waals surface area (Å²) in [5.74, 6) is -1.83. The van der Waals surface area contributed by atoms with E-state index in [9.17, 15) is 4.79 Å². The van der Waals surface area contributed by atoms with E-state index in [0.717, 1.165) is 20.3 Å². The summed E-state index contributed by atoms with van der Waals surface area (Å²) in [5.41, 5.74) is 0. The highest BCUT2D eigenvalue weighted by atomic mass is 16.5. The topological polar surface area (TPSA) is 101 Å². The monoisotopic (exact) mass is 430 g/mol. The number of carboxylic acid groups (broad SMARTS) is 2. The lowest BCUT2D eigenvalue weighted by molar-refractivity contribution is -0.141. The average molecular weight is 431 g/mol. The molecule has 0 aliphatic rings. The van der Waals surface area contributed by atoms with E-state index >= 15 is 0 Å². The van der Waals surface area contributed by atoms with Gasteiger partial charge in [-0.2, -0.15) is 0 Å². The summed E-state index contributed by atoms with van der Waals surface area (Å²) in [4.78, 5) is 28.6. The van der Waals surface area contributed by atoms with Gasteiger partial charge in [-0.1, -0.05) is 76.9 Å². The Hall–Kier alpha value is -1.85. The number of allylic oxidation sites excluding steroid dienone is 2. The van der Waals surface area contributed by atoms with Crippen LogP contribution in [0.3, 0.4) is 0 Å². The Morgan fingerprint density at radius 3 is 1.33 bits per heavy atom. The van der Waals surface area contributed by atoms with Gasteiger partial charge in [-0.25, -0.2) is 0 Å². The molecule has 0 unspecified atom stereocenters. The average Bonchev–Trinajstić information content (AvgIpc) is 2.63. The Morgan fingerprint density at radius 2 is 0.967 bits per heavy atom. The first-order valence-electron chi connectivity index (χ1n) is 11.4. The molecule has 0 saturated carbocycles. The van der Waals surface area contributed by atoms with Gasteiger partial charge in [0.25, 0.3) is 11.9 Å². The molecule has 0 aromatic heterocycles. The van der Waals surface area contributed by atoms with Crippen molar-refractivity contribution in [1.29, 1.82) is 0 Å². The minimum Gasteiger partial charge on any atom is -0.481 e. The van der Waals surface area contributed by atoms with Crippen LogP contribution in [0.25, 0.3) is 0 Å². The minimum atomic E-state index is -0.833. The van der Waals surface area contributed by atoms with Gasteiger partial charge in [-0.3, -0.25) is 14.4 Å². The predicted molar refractivity (Wildman–Crippen MR) is 123 cm³/mol. The van der Waals surface area contributed by atoms with Crippen molar-refractivity contribution >= 4 is 17.9 Å². The van der Waals surface area contributed by atoms with Gasteiger partial charge in [0.15, 0.2) is 0 Å². The Kier molecular flexibility index (Phi) is 32.1. The molecule has 0 spiro atoms. The number of esters is 1. The third-order valence-corrected chi connectivity index (χ3v) is 3.96. The number of ether oxygens (including phenoxy) is 1. The zero-order chi connectivity index (χ0) is 23.5. The molecule has 0 saturated heterocycles. The fraction of sp³-hybridized carbons (Fsp3) is 0.792. The van der Waals surface area contributed by atoms with Gasteiger partial charge < -0.3 is 14.9 Å². The Morgan fingerprint density at radius 1 is 0.633 bits per heavy atom. The molecule has 30 heavy (non-hydrogen) atoms.